The number of hydrogen-bond acceptors (Lipinski definition) is 6. The van der Waals surface area contributed by atoms with Crippen molar-refractivity contribution in [2.75, 3.05) is 7.11 Å². The number of esters is 1. The third-order valence-corrected chi connectivity index (χ3v) is 13.0. The van der Waals surface area contributed by atoms with Crippen molar-refractivity contribution in [3.63, 3.8) is 0 Å². The van der Waals surface area contributed by atoms with E-state index in [-0.39, 0.29) is 27.6 Å². The average Bonchev–Trinajstić information content (AvgIpc) is 2.70. The first-order valence-electron chi connectivity index (χ1n) is 10.6. The summed E-state index contributed by atoms with van der Waals surface area (Å²) in [6, 6.07) is 8.01. The van der Waals surface area contributed by atoms with Crippen LogP contribution < -0.4 is 0 Å². The van der Waals surface area contributed by atoms with Gasteiger partial charge in [0.25, 0.3) is 8.32 Å². The summed E-state index contributed by atoms with van der Waals surface area (Å²) in [5, 5.41) is 2.84. The normalized spacial score (nSPS) is 22.7. The molecule has 0 spiro atoms. The number of ether oxygens (including phenoxy) is 1. The van der Waals surface area contributed by atoms with Crippen LogP contribution in [0.15, 0.2) is 40.4 Å². The Morgan fingerprint density at radius 2 is 1.87 bits per heavy atom. The van der Waals surface area contributed by atoms with E-state index < -0.39 is 29.4 Å². The van der Waals surface area contributed by atoms with E-state index in [9.17, 15) is 13.2 Å². The number of nitrogens with zero attached hydrogens (tertiary/aromatic N) is 1. The Hall–Kier alpha value is -1.38. The SMILES string of the molecule is COC(=O)C(CC1CC/C(=N\O[Si](C)(C)C(C)(C)C)C(Cl)C1)S(=O)(=O)c1ccccc1. The quantitative estimate of drug-likeness (QED) is 0.229. The number of carbonyl (C=O) groups is 1. The second-order valence-electron chi connectivity index (χ2n) is 9.65. The van der Waals surface area contributed by atoms with Crippen molar-refractivity contribution in [1.82, 2.24) is 0 Å². The van der Waals surface area contributed by atoms with Crippen LogP contribution >= 0.6 is 11.6 Å². The van der Waals surface area contributed by atoms with Gasteiger partial charge in [0, 0.05) is 0 Å². The molecular weight excluding hydrogens is 454 g/mol. The van der Waals surface area contributed by atoms with Gasteiger partial charge in [0.05, 0.1) is 23.1 Å². The lowest BCUT2D eigenvalue weighted by atomic mass is 9.84. The van der Waals surface area contributed by atoms with Crippen LogP contribution in [0, 0.1) is 5.92 Å². The number of hydrogen-bond donors (Lipinski definition) is 0. The summed E-state index contributed by atoms with van der Waals surface area (Å²) < 4.78 is 37.0. The Morgan fingerprint density at radius 1 is 1.26 bits per heavy atom. The minimum atomic E-state index is -3.86. The van der Waals surface area contributed by atoms with Gasteiger partial charge in [-0.15, -0.1) is 16.8 Å². The molecule has 6 nitrogen and oxygen atoms in total. The third kappa shape index (κ3) is 6.32. The topological polar surface area (TPSA) is 82.0 Å². The van der Waals surface area contributed by atoms with E-state index in [0.717, 1.165) is 5.71 Å². The molecule has 0 aliphatic heterocycles. The Morgan fingerprint density at radius 3 is 2.39 bits per heavy atom. The van der Waals surface area contributed by atoms with Gasteiger partial charge >= 0.3 is 5.97 Å². The molecule has 1 fully saturated rings. The van der Waals surface area contributed by atoms with E-state index in [1.54, 1.807) is 18.2 Å². The van der Waals surface area contributed by atoms with Crippen LogP contribution in [-0.4, -0.2) is 46.2 Å². The number of alkyl halides is 1. The molecule has 0 saturated heterocycles. The van der Waals surface area contributed by atoms with Gasteiger partial charge in [-0.2, -0.15) is 0 Å². The smallest absolute Gasteiger partial charge is 0.324 e. The molecule has 3 atom stereocenters. The number of carbonyl (C=O) groups excluding carboxylic acids is 1. The minimum absolute atomic E-state index is 0.0306. The molecule has 0 amide bonds. The van der Waals surface area contributed by atoms with Crippen molar-refractivity contribution in [2.24, 2.45) is 11.1 Å². The van der Waals surface area contributed by atoms with Gasteiger partial charge < -0.3 is 9.26 Å². The molecule has 2 rings (SSSR count). The lowest BCUT2D eigenvalue weighted by Crippen LogP contribution is -2.40. The fourth-order valence-electron chi connectivity index (χ4n) is 3.24. The Kier molecular flexibility index (Phi) is 8.38. The van der Waals surface area contributed by atoms with Crippen LogP contribution in [0.1, 0.15) is 46.5 Å². The number of oxime groups is 1. The molecule has 0 N–H and O–H groups in total. The summed E-state index contributed by atoms with van der Waals surface area (Å²) in [5.74, 6) is -0.771. The molecule has 31 heavy (non-hydrogen) atoms. The van der Waals surface area contributed by atoms with Gasteiger partial charge in [0.1, 0.15) is 0 Å². The average molecular weight is 488 g/mol. The fraction of sp³-hybridized carbons (Fsp3) is 0.636. The summed E-state index contributed by atoms with van der Waals surface area (Å²) in [4.78, 5) is 12.5. The van der Waals surface area contributed by atoms with Crippen LogP contribution in [0.4, 0.5) is 0 Å². The number of halogens is 1. The lowest BCUT2D eigenvalue weighted by Gasteiger charge is -2.34. The summed E-state index contributed by atoms with van der Waals surface area (Å²) in [6.07, 6.45) is 2.02. The van der Waals surface area contributed by atoms with Crippen molar-refractivity contribution in [1.29, 1.82) is 0 Å². The zero-order valence-electron chi connectivity index (χ0n) is 19.2. The van der Waals surface area contributed by atoms with Gasteiger partial charge in [-0.3, -0.25) is 4.79 Å². The summed E-state index contributed by atoms with van der Waals surface area (Å²) in [7, 11) is -4.67. The van der Waals surface area contributed by atoms with Crippen molar-refractivity contribution in [3.05, 3.63) is 30.3 Å². The highest BCUT2D eigenvalue weighted by Crippen LogP contribution is 2.38. The van der Waals surface area contributed by atoms with Crippen molar-refractivity contribution < 1.29 is 22.5 Å². The van der Waals surface area contributed by atoms with Crippen molar-refractivity contribution in [3.8, 4) is 0 Å². The number of methoxy groups -OCH3 is 1. The summed E-state index contributed by atoms with van der Waals surface area (Å²) >= 11 is 6.59. The molecule has 1 aliphatic rings. The molecule has 1 aliphatic carbocycles. The monoisotopic (exact) mass is 487 g/mol. The van der Waals surface area contributed by atoms with Crippen molar-refractivity contribution in [2.45, 2.75) is 80.1 Å². The lowest BCUT2D eigenvalue weighted by molar-refractivity contribution is -0.140. The first kappa shape index (κ1) is 25.9. The molecule has 0 radical (unpaired) electrons. The standard InChI is InChI=1S/C22H34ClNO5SSi/c1-22(2,3)31(5,6)29-24-19-13-12-16(14-18(19)23)15-20(21(25)28-4)30(26,27)17-10-8-7-9-11-17/h7-11,16,18,20H,12-15H2,1-6H3/b24-19+. The maximum absolute atomic E-state index is 13.1. The largest absolute Gasteiger partial charge is 0.468 e. The first-order valence-corrected chi connectivity index (χ1v) is 15.4. The second kappa shape index (κ2) is 10.0. The van der Waals surface area contributed by atoms with Crippen LogP contribution in [0.5, 0.6) is 0 Å². The van der Waals surface area contributed by atoms with Gasteiger partial charge in [0.15, 0.2) is 15.1 Å². The van der Waals surface area contributed by atoms with Gasteiger partial charge in [-0.1, -0.05) is 39.0 Å². The van der Waals surface area contributed by atoms with Crippen LogP contribution in [-0.2, 0) is 23.9 Å². The van der Waals surface area contributed by atoms with E-state index in [0.29, 0.717) is 19.3 Å². The number of rotatable bonds is 7. The first-order chi connectivity index (χ1) is 14.3. The Labute approximate surface area is 192 Å². The van der Waals surface area contributed by atoms with E-state index in [2.05, 4.69) is 39.0 Å². The zero-order chi connectivity index (χ0) is 23.4. The zero-order valence-corrected chi connectivity index (χ0v) is 21.8. The molecule has 0 aromatic heterocycles. The van der Waals surface area contributed by atoms with Gasteiger partial charge in [0.2, 0.25) is 0 Å². The number of sulfone groups is 1. The highest BCUT2D eigenvalue weighted by atomic mass is 35.5. The van der Waals surface area contributed by atoms with E-state index in [1.807, 2.05) is 0 Å². The fourth-order valence-corrected chi connectivity index (χ4v) is 6.00. The molecule has 1 saturated carbocycles. The van der Waals surface area contributed by atoms with Crippen LogP contribution in [0.3, 0.4) is 0 Å². The van der Waals surface area contributed by atoms with Gasteiger partial charge in [-0.25, -0.2) is 8.42 Å². The highest BCUT2D eigenvalue weighted by molar-refractivity contribution is 7.92. The maximum Gasteiger partial charge on any atom is 0.324 e. The number of benzene rings is 1. The van der Waals surface area contributed by atoms with Crippen LogP contribution in [0.2, 0.25) is 18.1 Å². The molecule has 1 aromatic rings. The summed E-state index contributed by atoms with van der Waals surface area (Å²) in [5.41, 5.74) is 0.795. The second-order valence-corrected chi connectivity index (χ2v) is 17.0. The third-order valence-electron chi connectivity index (χ3n) is 6.37. The summed E-state index contributed by atoms with van der Waals surface area (Å²) in [6.45, 7) is 10.7. The van der Waals surface area contributed by atoms with E-state index in [1.165, 1.54) is 19.2 Å². The molecule has 9 heteroatoms. The predicted molar refractivity (Wildman–Crippen MR) is 127 cm³/mol. The molecule has 0 bridgehead atoms. The van der Waals surface area contributed by atoms with E-state index in [4.69, 9.17) is 20.9 Å². The van der Waals surface area contributed by atoms with E-state index >= 15 is 0 Å². The molecule has 0 heterocycles. The molecule has 174 valence electrons. The Balaban J connectivity index is 2.13. The van der Waals surface area contributed by atoms with Crippen molar-refractivity contribution >= 4 is 41.4 Å². The highest BCUT2D eigenvalue weighted by Gasteiger charge is 2.41. The Bertz CT molecular complexity index is 896. The van der Waals surface area contributed by atoms with Gasteiger partial charge in [-0.05, 0) is 61.9 Å². The molecule has 1 aromatic carbocycles. The predicted octanol–water partition coefficient (Wildman–Crippen LogP) is 5.18. The molecule has 3 unspecified atom stereocenters. The minimum Gasteiger partial charge on any atom is -0.468 e. The van der Waals surface area contributed by atoms with Crippen LogP contribution in [0.25, 0.3) is 0 Å². The molecular formula is C22H34ClNO5SSi. The maximum atomic E-state index is 13.1.